The molecule has 2 aromatic rings. The van der Waals surface area contributed by atoms with Gasteiger partial charge in [0.25, 0.3) is 0 Å². The van der Waals surface area contributed by atoms with Gasteiger partial charge in [-0.25, -0.2) is 0 Å². The summed E-state index contributed by atoms with van der Waals surface area (Å²) in [7, 11) is 0. The van der Waals surface area contributed by atoms with Crippen LogP contribution in [0.3, 0.4) is 0 Å². The van der Waals surface area contributed by atoms with E-state index in [1.165, 1.54) is 17.4 Å². The molecule has 0 atom stereocenters. The quantitative estimate of drug-likeness (QED) is 0.740. The maximum atomic E-state index is 11.2. The lowest BCUT2D eigenvalue weighted by atomic mass is 10.3. The van der Waals surface area contributed by atoms with E-state index in [0.717, 1.165) is 14.0 Å². The summed E-state index contributed by atoms with van der Waals surface area (Å²) in [4.78, 5) is 15.1. The molecule has 0 aliphatic rings. The molecular formula is C7H4BrNOS. The van der Waals surface area contributed by atoms with Gasteiger partial charge in [0.2, 0.25) is 0 Å². The number of thiophene rings is 1. The second-order valence-corrected chi connectivity index (χ2v) is 4.57. The molecule has 0 fully saturated rings. The molecule has 2 rings (SSSR count). The lowest BCUT2D eigenvalue weighted by Crippen LogP contribution is -1.96. The highest BCUT2D eigenvalue weighted by Gasteiger charge is 2.00. The number of hydrogen-bond donors (Lipinski definition) is 1. The van der Waals surface area contributed by atoms with Crippen LogP contribution in [0.4, 0.5) is 0 Å². The minimum absolute atomic E-state index is 0.0701. The van der Waals surface area contributed by atoms with Crippen molar-refractivity contribution in [3.8, 4) is 0 Å². The van der Waals surface area contributed by atoms with Crippen LogP contribution in [0.25, 0.3) is 10.2 Å². The van der Waals surface area contributed by atoms with E-state index in [9.17, 15) is 4.79 Å². The van der Waals surface area contributed by atoms with Crippen molar-refractivity contribution in [2.45, 2.75) is 0 Å². The summed E-state index contributed by atoms with van der Waals surface area (Å²) in [5.41, 5.74) is 0.0701. The zero-order chi connectivity index (χ0) is 7.84. The van der Waals surface area contributed by atoms with Crippen molar-refractivity contribution in [1.82, 2.24) is 4.98 Å². The van der Waals surface area contributed by atoms with Gasteiger partial charge in [-0.1, -0.05) is 0 Å². The van der Waals surface area contributed by atoms with E-state index in [4.69, 9.17) is 0 Å². The number of fused-ring (bicyclic) bond motifs is 1. The molecule has 1 N–H and O–H groups in total. The van der Waals surface area contributed by atoms with Gasteiger partial charge in [0, 0.05) is 12.3 Å². The van der Waals surface area contributed by atoms with Crippen LogP contribution < -0.4 is 5.43 Å². The standard InChI is InChI=1S/C7H4BrNOS/c8-6-3-4-5(10)1-2-9-7(4)11-6/h1-3H,(H,9,10). The Morgan fingerprint density at radius 2 is 2.36 bits per heavy atom. The third kappa shape index (κ3) is 1.12. The Labute approximate surface area is 75.0 Å². The SMILES string of the molecule is O=c1cc[nH]c2sc(Br)cc12. The van der Waals surface area contributed by atoms with Gasteiger partial charge in [-0.05, 0) is 22.0 Å². The van der Waals surface area contributed by atoms with Crippen molar-refractivity contribution >= 4 is 37.5 Å². The molecule has 56 valence electrons. The summed E-state index contributed by atoms with van der Waals surface area (Å²) >= 11 is 4.85. The predicted octanol–water partition coefficient (Wildman–Crippen LogP) is 2.35. The predicted molar refractivity (Wildman–Crippen MR) is 50.1 cm³/mol. The number of halogens is 1. The maximum absolute atomic E-state index is 11.2. The lowest BCUT2D eigenvalue weighted by Gasteiger charge is -1.83. The molecule has 0 saturated heterocycles. The van der Waals surface area contributed by atoms with E-state index in [1.807, 2.05) is 6.07 Å². The van der Waals surface area contributed by atoms with Crippen molar-refractivity contribution < 1.29 is 0 Å². The van der Waals surface area contributed by atoms with Gasteiger partial charge < -0.3 is 4.98 Å². The van der Waals surface area contributed by atoms with E-state index in [-0.39, 0.29) is 5.43 Å². The Morgan fingerprint density at radius 3 is 3.09 bits per heavy atom. The van der Waals surface area contributed by atoms with Crippen LogP contribution in [0.1, 0.15) is 0 Å². The largest absolute Gasteiger partial charge is 0.353 e. The molecule has 0 amide bonds. The van der Waals surface area contributed by atoms with Gasteiger partial charge >= 0.3 is 0 Å². The summed E-state index contributed by atoms with van der Waals surface area (Å²) < 4.78 is 0.979. The zero-order valence-corrected chi connectivity index (χ0v) is 7.83. The highest BCUT2D eigenvalue weighted by molar-refractivity contribution is 9.11. The first kappa shape index (κ1) is 7.06. The van der Waals surface area contributed by atoms with Crippen LogP contribution in [0, 0.1) is 0 Å². The van der Waals surface area contributed by atoms with Crippen molar-refractivity contribution in [1.29, 1.82) is 0 Å². The molecule has 0 aromatic carbocycles. The number of pyridine rings is 1. The van der Waals surface area contributed by atoms with Gasteiger partial charge in [0.05, 0.1) is 9.17 Å². The highest BCUT2D eigenvalue weighted by Crippen LogP contribution is 2.25. The summed E-state index contributed by atoms with van der Waals surface area (Å²) in [6, 6.07) is 3.36. The molecule has 2 heterocycles. The van der Waals surface area contributed by atoms with Gasteiger partial charge in [-0.2, -0.15) is 0 Å². The topological polar surface area (TPSA) is 32.9 Å². The first-order chi connectivity index (χ1) is 5.27. The Hall–Kier alpha value is -0.610. The fourth-order valence-corrected chi connectivity index (χ4v) is 2.42. The number of nitrogens with one attached hydrogen (secondary N) is 1. The smallest absolute Gasteiger partial charge is 0.190 e. The monoisotopic (exact) mass is 229 g/mol. The van der Waals surface area contributed by atoms with Crippen molar-refractivity contribution in [3.63, 3.8) is 0 Å². The zero-order valence-electron chi connectivity index (χ0n) is 5.43. The average Bonchev–Trinajstić information content (AvgIpc) is 2.31. The molecule has 0 aliphatic carbocycles. The normalized spacial score (nSPS) is 10.6. The number of rotatable bonds is 0. The maximum Gasteiger partial charge on any atom is 0.190 e. The third-order valence-electron chi connectivity index (χ3n) is 1.42. The van der Waals surface area contributed by atoms with Crippen LogP contribution in [-0.2, 0) is 0 Å². The first-order valence-corrected chi connectivity index (χ1v) is 4.65. The Morgan fingerprint density at radius 1 is 1.55 bits per heavy atom. The van der Waals surface area contributed by atoms with Gasteiger partial charge in [0.1, 0.15) is 4.83 Å². The summed E-state index contributed by atoms with van der Waals surface area (Å²) in [6.07, 6.45) is 1.66. The lowest BCUT2D eigenvalue weighted by molar-refractivity contribution is 1.42. The third-order valence-corrected chi connectivity index (χ3v) is 2.99. The minimum Gasteiger partial charge on any atom is -0.353 e. The number of aromatic amines is 1. The molecule has 0 spiro atoms. The number of H-pyrrole nitrogens is 1. The molecule has 0 unspecified atom stereocenters. The molecule has 0 bridgehead atoms. The fourth-order valence-electron chi connectivity index (χ4n) is 0.934. The fraction of sp³-hybridized carbons (Fsp3) is 0. The van der Waals surface area contributed by atoms with Crippen LogP contribution >= 0.6 is 27.3 Å². The van der Waals surface area contributed by atoms with E-state index >= 15 is 0 Å². The van der Waals surface area contributed by atoms with Crippen LogP contribution in [0.2, 0.25) is 0 Å². The number of hydrogen-bond acceptors (Lipinski definition) is 2. The molecule has 2 nitrogen and oxygen atoms in total. The summed E-state index contributed by atoms with van der Waals surface area (Å²) in [6.45, 7) is 0. The van der Waals surface area contributed by atoms with Crippen LogP contribution in [-0.4, -0.2) is 4.98 Å². The summed E-state index contributed by atoms with van der Waals surface area (Å²) in [5, 5.41) is 0.754. The van der Waals surface area contributed by atoms with E-state index in [0.29, 0.717) is 0 Å². The Bertz CT molecular complexity index is 445. The van der Waals surface area contributed by atoms with E-state index in [2.05, 4.69) is 20.9 Å². The van der Waals surface area contributed by atoms with E-state index < -0.39 is 0 Å². The first-order valence-electron chi connectivity index (χ1n) is 3.04. The molecule has 0 aliphatic heterocycles. The summed E-state index contributed by atoms with van der Waals surface area (Å²) in [5.74, 6) is 0. The van der Waals surface area contributed by atoms with Crippen molar-refractivity contribution in [3.05, 3.63) is 32.3 Å². The molecule has 0 saturated carbocycles. The molecule has 2 aromatic heterocycles. The molecule has 0 radical (unpaired) electrons. The van der Waals surface area contributed by atoms with Gasteiger partial charge in [-0.3, -0.25) is 4.79 Å². The van der Waals surface area contributed by atoms with Crippen LogP contribution in [0.5, 0.6) is 0 Å². The van der Waals surface area contributed by atoms with Crippen molar-refractivity contribution in [2.24, 2.45) is 0 Å². The second kappa shape index (κ2) is 2.46. The Kier molecular flexibility index (Phi) is 1.58. The molecule has 11 heavy (non-hydrogen) atoms. The number of aromatic nitrogens is 1. The van der Waals surface area contributed by atoms with E-state index in [1.54, 1.807) is 6.20 Å². The van der Waals surface area contributed by atoms with Crippen molar-refractivity contribution in [2.75, 3.05) is 0 Å². The Balaban J connectivity index is 3.02. The van der Waals surface area contributed by atoms with Crippen LogP contribution in [0.15, 0.2) is 26.9 Å². The highest BCUT2D eigenvalue weighted by atomic mass is 79.9. The van der Waals surface area contributed by atoms with Gasteiger partial charge in [-0.15, -0.1) is 11.3 Å². The van der Waals surface area contributed by atoms with Gasteiger partial charge in [0.15, 0.2) is 5.43 Å². The minimum atomic E-state index is 0.0701. The second-order valence-electron chi connectivity index (χ2n) is 2.14. The molecule has 4 heteroatoms. The average molecular weight is 230 g/mol. The molecular weight excluding hydrogens is 226 g/mol.